The predicted octanol–water partition coefficient (Wildman–Crippen LogP) is 1.24. The molecule has 0 spiro atoms. The minimum Gasteiger partial charge on any atom is -0.497 e. The average molecular weight is 233 g/mol. The average Bonchev–Trinajstić information content (AvgIpc) is 2.71. The van der Waals surface area contributed by atoms with Crippen LogP contribution in [0.15, 0.2) is 24.3 Å². The molecule has 1 aromatic rings. The van der Waals surface area contributed by atoms with Gasteiger partial charge in [0.25, 0.3) is 0 Å². The van der Waals surface area contributed by atoms with Crippen LogP contribution < -0.4 is 4.74 Å². The monoisotopic (exact) mass is 233 g/mol. The summed E-state index contributed by atoms with van der Waals surface area (Å²) < 4.78 is 5.07. The molecule has 1 saturated heterocycles. The Hall–Kier alpha value is -1.84. The predicted molar refractivity (Wildman–Crippen MR) is 62.6 cm³/mol. The Morgan fingerprint density at radius 3 is 2.65 bits per heavy atom. The summed E-state index contributed by atoms with van der Waals surface area (Å²) in [7, 11) is 1.62. The zero-order chi connectivity index (χ0) is 12.3. The Bertz CT molecular complexity index is 413. The SMILES string of the molecule is COc1ccc(CN2CC(C=O)CC2=O)cc1. The maximum atomic E-state index is 11.6. The minimum absolute atomic E-state index is 0.0536. The summed E-state index contributed by atoms with van der Waals surface area (Å²) in [6.45, 7) is 1.10. The van der Waals surface area contributed by atoms with Crippen LogP contribution in [-0.4, -0.2) is 30.7 Å². The Balaban J connectivity index is 2.00. The quantitative estimate of drug-likeness (QED) is 0.735. The number of ether oxygens (including phenoxy) is 1. The number of nitrogens with zero attached hydrogens (tertiary/aromatic N) is 1. The number of methoxy groups -OCH3 is 1. The van der Waals surface area contributed by atoms with E-state index in [4.69, 9.17) is 4.74 Å². The summed E-state index contributed by atoms with van der Waals surface area (Å²) in [4.78, 5) is 24.0. The molecule has 0 radical (unpaired) electrons. The molecule has 1 unspecified atom stereocenters. The van der Waals surface area contributed by atoms with E-state index < -0.39 is 0 Å². The zero-order valence-corrected chi connectivity index (χ0v) is 9.76. The van der Waals surface area contributed by atoms with Gasteiger partial charge < -0.3 is 14.4 Å². The summed E-state index contributed by atoms with van der Waals surface area (Å²) in [5.41, 5.74) is 1.05. The highest BCUT2D eigenvalue weighted by Gasteiger charge is 2.28. The van der Waals surface area contributed by atoms with Crippen LogP contribution in [0.25, 0.3) is 0 Å². The van der Waals surface area contributed by atoms with Gasteiger partial charge in [-0.15, -0.1) is 0 Å². The molecule has 1 amide bonds. The molecule has 17 heavy (non-hydrogen) atoms. The Morgan fingerprint density at radius 2 is 2.12 bits per heavy atom. The van der Waals surface area contributed by atoms with E-state index in [2.05, 4.69) is 0 Å². The molecule has 1 fully saturated rings. The maximum absolute atomic E-state index is 11.6. The second-order valence-electron chi connectivity index (χ2n) is 4.22. The van der Waals surface area contributed by atoms with E-state index >= 15 is 0 Å². The van der Waals surface area contributed by atoms with Gasteiger partial charge in [-0.3, -0.25) is 4.79 Å². The first-order chi connectivity index (χ1) is 8.22. The van der Waals surface area contributed by atoms with Gasteiger partial charge in [0.1, 0.15) is 12.0 Å². The molecular formula is C13H15NO3. The third kappa shape index (κ3) is 2.64. The molecule has 0 bridgehead atoms. The van der Waals surface area contributed by atoms with Crippen LogP contribution >= 0.6 is 0 Å². The normalized spacial score (nSPS) is 19.5. The molecule has 1 atom stereocenters. The van der Waals surface area contributed by atoms with Crippen molar-refractivity contribution < 1.29 is 14.3 Å². The van der Waals surface area contributed by atoms with Crippen LogP contribution in [0.3, 0.4) is 0 Å². The van der Waals surface area contributed by atoms with Crippen molar-refractivity contribution in [1.82, 2.24) is 4.90 Å². The van der Waals surface area contributed by atoms with Gasteiger partial charge in [0.2, 0.25) is 5.91 Å². The molecule has 90 valence electrons. The molecule has 2 rings (SSSR count). The molecule has 1 aromatic carbocycles. The number of aldehydes is 1. The van der Waals surface area contributed by atoms with Crippen LogP contribution in [0.1, 0.15) is 12.0 Å². The van der Waals surface area contributed by atoms with E-state index in [0.717, 1.165) is 17.6 Å². The van der Waals surface area contributed by atoms with Crippen molar-refractivity contribution in [3.63, 3.8) is 0 Å². The van der Waals surface area contributed by atoms with Gasteiger partial charge in [-0.1, -0.05) is 12.1 Å². The Kier molecular flexibility index (Phi) is 3.42. The number of hydrogen-bond acceptors (Lipinski definition) is 3. The maximum Gasteiger partial charge on any atom is 0.223 e. The highest BCUT2D eigenvalue weighted by atomic mass is 16.5. The van der Waals surface area contributed by atoms with Gasteiger partial charge in [-0.2, -0.15) is 0 Å². The van der Waals surface area contributed by atoms with Crippen molar-refractivity contribution in [2.45, 2.75) is 13.0 Å². The van der Waals surface area contributed by atoms with Crippen molar-refractivity contribution in [2.24, 2.45) is 5.92 Å². The first-order valence-electron chi connectivity index (χ1n) is 5.59. The van der Waals surface area contributed by atoms with E-state index in [1.807, 2.05) is 24.3 Å². The molecule has 0 aromatic heterocycles. The van der Waals surface area contributed by atoms with Crippen LogP contribution in [0.5, 0.6) is 5.75 Å². The molecule has 1 heterocycles. The molecule has 0 saturated carbocycles. The molecule has 0 aliphatic carbocycles. The van der Waals surface area contributed by atoms with Gasteiger partial charge >= 0.3 is 0 Å². The lowest BCUT2D eigenvalue weighted by Gasteiger charge is -2.15. The third-order valence-corrected chi connectivity index (χ3v) is 2.97. The minimum atomic E-state index is -0.138. The fourth-order valence-electron chi connectivity index (χ4n) is 2.00. The summed E-state index contributed by atoms with van der Waals surface area (Å²) >= 11 is 0. The summed E-state index contributed by atoms with van der Waals surface area (Å²) in [6, 6.07) is 7.60. The zero-order valence-electron chi connectivity index (χ0n) is 9.76. The third-order valence-electron chi connectivity index (χ3n) is 2.97. The molecule has 4 heteroatoms. The topological polar surface area (TPSA) is 46.6 Å². The van der Waals surface area contributed by atoms with E-state index in [9.17, 15) is 9.59 Å². The second kappa shape index (κ2) is 4.99. The van der Waals surface area contributed by atoms with Crippen molar-refractivity contribution in [3.8, 4) is 5.75 Å². The number of likely N-dealkylation sites (tertiary alicyclic amines) is 1. The van der Waals surface area contributed by atoms with Gasteiger partial charge in [0, 0.05) is 25.4 Å². The number of carbonyl (C=O) groups excluding carboxylic acids is 2. The number of benzene rings is 1. The second-order valence-corrected chi connectivity index (χ2v) is 4.22. The summed E-state index contributed by atoms with van der Waals surface area (Å²) in [5, 5.41) is 0. The van der Waals surface area contributed by atoms with Gasteiger partial charge in [0.05, 0.1) is 7.11 Å². The largest absolute Gasteiger partial charge is 0.497 e. The van der Waals surface area contributed by atoms with Crippen molar-refractivity contribution in [1.29, 1.82) is 0 Å². The van der Waals surface area contributed by atoms with Gasteiger partial charge in [0.15, 0.2) is 0 Å². The van der Waals surface area contributed by atoms with Gasteiger partial charge in [-0.25, -0.2) is 0 Å². The van der Waals surface area contributed by atoms with Gasteiger partial charge in [-0.05, 0) is 17.7 Å². The van der Waals surface area contributed by atoms with E-state index in [1.165, 1.54) is 0 Å². The Morgan fingerprint density at radius 1 is 1.41 bits per heavy atom. The Labute approximate surface area is 100 Å². The number of rotatable bonds is 4. The highest BCUT2D eigenvalue weighted by Crippen LogP contribution is 2.19. The molecule has 1 aliphatic rings. The van der Waals surface area contributed by atoms with Crippen molar-refractivity contribution in [3.05, 3.63) is 29.8 Å². The molecule has 1 aliphatic heterocycles. The van der Waals surface area contributed by atoms with E-state index in [-0.39, 0.29) is 11.8 Å². The number of hydrogen-bond donors (Lipinski definition) is 0. The lowest BCUT2D eigenvalue weighted by molar-refractivity contribution is -0.128. The van der Waals surface area contributed by atoms with Crippen LogP contribution in [0.4, 0.5) is 0 Å². The van der Waals surface area contributed by atoms with E-state index in [0.29, 0.717) is 19.5 Å². The highest BCUT2D eigenvalue weighted by molar-refractivity contribution is 5.82. The van der Waals surface area contributed by atoms with Crippen molar-refractivity contribution in [2.75, 3.05) is 13.7 Å². The first-order valence-corrected chi connectivity index (χ1v) is 5.59. The standard InChI is InChI=1S/C13H15NO3/c1-17-12-4-2-10(3-5-12)7-14-8-11(9-15)6-13(14)16/h2-5,9,11H,6-8H2,1H3. The lowest BCUT2D eigenvalue weighted by atomic mass is 10.1. The van der Waals surface area contributed by atoms with Crippen LogP contribution in [0.2, 0.25) is 0 Å². The molecular weight excluding hydrogens is 218 g/mol. The van der Waals surface area contributed by atoms with Crippen LogP contribution in [0, 0.1) is 5.92 Å². The van der Waals surface area contributed by atoms with E-state index in [1.54, 1.807) is 12.0 Å². The summed E-state index contributed by atoms with van der Waals surface area (Å²) in [6.07, 6.45) is 1.21. The van der Waals surface area contributed by atoms with Crippen molar-refractivity contribution >= 4 is 12.2 Å². The lowest BCUT2D eigenvalue weighted by Crippen LogP contribution is -2.24. The fourth-order valence-corrected chi connectivity index (χ4v) is 2.00. The number of amides is 1. The molecule has 0 N–H and O–H groups in total. The summed E-state index contributed by atoms with van der Waals surface area (Å²) in [5.74, 6) is 0.714. The van der Waals surface area contributed by atoms with Crippen LogP contribution in [-0.2, 0) is 16.1 Å². The fraction of sp³-hybridized carbons (Fsp3) is 0.385. The first kappa shape index (κ1) is 11.6. The molecule has 4 nitrogen and oxygen atoms in total. The smallest absolute Gasteiger partial charge is 0.223 e. The number of carbonyl (C=O) groups is 2.